The van der Waals surface area contributed by atoms with Gasteiger partial charge in [0.25, 0.3) is 0 Å². The highest BCUT2D eigenvalue weighted by atomic mass is 19.4. The van der Waals surface area contributed by atoms with E-state index in [9.17, 15) is 31.9 Å². The predicted molar refractivity (Wildman–Crippen MR) is 128 cm³/mol. The molecule has 0 aliphatic carbocycles. The zero-order valence-corrected chi connectivity index (χ0v) is 20.1. The van der Waals surface area contributed by atoms with Gasteiger partial charge in [-0.3, -0.25) is 10.1 Å². The van der Waals surface area contributed by atoms with Crippen LogP contribution in [0.4, 0.5) is 17.6 Å². The third kappa shape index (κ3) is 7.24. The number of aromatic amines is 1. The van der Waals surface area contributed by atoms with Crippen LogP contribution in [0.1, 0.15) is 29.9 Å². The molecule has 0 saturated heterocycles. The van der Waals surface area contributed by atoms with E-state index in [-0.39, 0.29) is 12.5 Å². The molecule has 39 heavy (non-hydrogen) atoms. The van der Waals surface area contributed by atoms with Crippen molar-refractivity contribution in [1.29, 1.82) is 0 Å². The van der Waals surface area contributed by atoms with Crippen LogP contribution in [-0.2, 0) is 24.2 Å². The summed E-state index contributed by atoms with van der Waals surface area (Å²) in [6.45, 7) is 1.00. The predicted octanol–water partition coefficient (Wildman–Crippen LogP) is 3.24. The number of nitrogens with one attached hydrogen (secondary N) is 3. The molecule has 0 fully saturated rings. The number of amides is 1. The molecule has 1 aliphatic heterocycles. The highest BCUT2D eigenvalue weighted by Crippen LogP contribution is 2.35. The Morgan fingerprint density at radius 2 is 1.87 bits per heavy atom. The highest BCUT2D eigenvalue weighted by molar-refractivity contribution is 6.02. The van der Waals surface area contributed by atoms with E-state index in [4.69, 9.17) is 4.74 Å². The summed E-state index contributed by atoms with van der Waals surface area (Å²) in [4.78, 5) is 49.0. The summed E-state index contributed by atoms with van der Waals surface area (Å²) in [5.41, 5.74) is 1.70. The maximum absolute atomic E-state index is 13.5. The molecule has 206 valence electrons. The van der Waals surface area contributed by atoms with Crippen molar-refractivity contribution in [2.45, 2.75) is 24.9 Å². The van der Waals surface area contributed by atoms with Gasteiger partial charge in [0.05, 0.1) is 13.0 Å². The fraction of sp³-hybridized carbons (Fsp3) is 0.280. The molecule has 0 saturated carbocycles. The lowest BCUT2D eigenvalue weighted by atomic mass is 9.88. The van der Waals surface area contributed by atoms with Gasteiger partial charge in [-0.15, -0.1) is 0 Å². The van der Waals surface area contributed by atoms with Gasteiger partial charge < -0.3 is 15.0 Å². The van der Waals surface area contributed by atoms with Crippen molar-refractivity contribution < 1.29 is 46.5 Å². The van der Waals surface area contributed by atoms with E-state index >= 15 is 0 Å². The number of hydrogen-bond donors (Lipinski definition) is 3. The monoisotopic (exact) mass is 550 g/mol. The zero-order chi connectivity index (χ0) is 28.0. The molecule has 1 aromatic heterocycles. The first-order valence-electron chi connectivity index (χ1n) is 11.7. The van der Waals surface area contributed by atoms with E-state index in [2.05, 4.69) is 30.4 Å². The second-order valence-electron chi connectivity index (χ2n) is 8.43. The van der Waals surface area contributed by atoms with Gasteiger partial charge >= 0.3 is 18.1 Å². The molecule has 2 heterocycles. The molecule has 0 bridgehead atoms. The largest absolute Gasteiger partial charge is 0.495 e. The lowest BCUT2D eigenvalue weighted by molar-refractivity contribution is -0.285. The van der Waals surface area contributed by atoms with Gasteiger partial charge in [-0.25, -0.2) is 28.7 Å². The number of benzene rings is 2. The van der Waals surface area contributed by atoms with E-state index in [1.807, 2.05) is 0 Å². The first-order chi connectivity index (χ1) is 18.6. The molecule has 2 aromatic carbocycles. The summed E-state index contributed by atoms with van der Waals surface area (Å²) in [7, 11) is 0. The number of alkyl halides is 3. The number of nitrogens with zero attached hydrogens (tertiary/aromatic N) is 1. The van der Waals surface area contributed by atoms with Gasteiger partial charge in [-0.1, -0.05) is 12.1 Å². The van der Waals surface area contributed by atoms with Crippen LogP contribution in [-0.4, -0.2) is 54.7 Å². The number of H-pyrrole nitrogens is 1. The molecule has 10 nitrogen and oxygen atoms in total. The van der Waals surface area contributed by atoms with E-state index in [0.717, 1.165) is 0 Å². The number of carbonyl (C=O) groups is 3. The summed E-state index contributed by atoms with van der Waals surface area (Å²) in [6.07, 6.45) is -3.60. The molecule has 4 rings (SSSR count). The molecule has 3 N–H and O–H groups in total. The Labute approximate surface area is 218 Å². The minimum absolute atomic E-state index is 0.103. The van der Waals surface area contributed by atoms with Crippen LogP contribution in [0.25, 0.3) is 10.9 Å². The molecular weight excluding hydrogens is 528 g/mol. The summed E-state index contributed by atoms with van der Waals surface area (Å²) < 4.78 is 56.3. The van der Waals surface area contributed by atoms with Crippen LogP contribution in [0.2, 0.25) is 0 Å². The Morgan fingerprint density at radius 1 is 1.10 bits per heavy atom. The van der Waals surface area contributed by atoms with Crippen LogP contribution < -0.4 is 15.4 Å². The Balaban J connectivity index is 1.43. The normalized spacial score (nSPS) is 13.9. The minimum Gasteiger partial charge on any atom is -0.493 e. The van der Waals surface area contributed by atoms with Gasteiger partial charge in [0, 0.05) is 35.6 Å². The van der Waals surface area contributed by atoms with Crippen LogP contribution in [0.5, 0.6) is 5.75 Å². The van der Waals surface area contributed by atoms with Crippen LogP contribution >= 0.6 is 0 Å². The number of guanidine groups is 1. The van der Waals surface area contributed by atoms with Gasteiger partial charge in [0.2, 0.25) is 5.91 Å². The molecule has 1 amide bonds. The number of hydrogen-bond acceptors (Lipinski definition) is 8. The topological polar surface area (TPSA) is 131 Å². The van der Waals surface area contributed by atoms with Crippen LogP contribution in [0.3, 0.4) is 0 Å². The van der Waals surface area contributed by atoms with Crippen molar-refractivity contribution in [3.8, 4) is 5.75 Å². The van der Waals surface area contributed by atoms with E-state index in [1.165, 1.54) is 24.3 Å². The number of aliphatic imine (C=N–C) groups is 1. The Bertz CT molecular complexity index is 1390. The molecule has 0 spiro atoms. The molecule has 3 aromatic rings. The maximum Gasteiger partial charge on any atom is 0.495 e. The number of carbonyl (C=O) groups excluding carboxylic acids is 3. The number of fused-ring (bicyclic) bond motifs is 1. The maximum atomic E-state index is 13.5. The number of ether oxygens (including phenoxy) is 1. The highest BCUT2D eigenvalue weighted by Gasteiger charge is 2.43. The number of aromatic nitrogens is 1. The Kier molecular flexibility index (Phi) is 8.32. The fourth-order valence-corrected chi connectivity index (χ4v) is 3.87. The first-order valence-corrected chi connectivity index (χ1v) is 11.7. The summed E-state index contributed by atoms with van der Waals surface area (Å²) >= 11 is 0. The third-order valence-corrected chi connectivity index (χ3v) is 5.67. The van der Waals surface area contributed by atoms with Crippen molar-refractivity contribution in [2.75, 3.05) is 19.7 Å². The van der Waals surface area contributed by atoms with Crippen molar-refractivity contribution >= 4 is 34.7 Å². The Hall–Kier alpha value is -4.62. The smallest absolute Gasteiger partial charge is 0.493 e. The molecule has 0 radical (unpaired) electrons. The second-order valence-corrected chi connectivity index (χ2v) is 8.43. The summed E-state index contributed by atoms with van der Waals surface area (Å²) in [5, 5.41) is 6.24. The van der Waals surface area contributed by atoms with E-state index in [1.54, 1.807) is 24.4 Å². The van der Waals surface area contributed by atoms with E-state index in [0.29, 0.717) is 53.3 Å². The minimum atomic E-state index is -5.33. The zero-order valence-electron chi connectivity index (χ0n) is 20.1. The van der Waals surface area contributed by atoms with Gasteiger partial charge in [-0.05, 0) is 41.8 Å². The standard InChI is InChI=1S/C25H22F4N4O6/c26-15-4-2-14(3-5-15)18(11-22(35)38-39-23(36)25(27,28)29)19-12-31-20-10-16(6-7-17(19)20)37-9-1-8-30-24-32-13-21(34)33-24/h2-7,10,12,18,31H,1,8-9,11,13H2,(H2,30,32,33,34). The first kappa shape index (κ1) is 27.4. The molecule has 1 unspecified atom stereocenters. The van der Waals surface area contributed by atoms with Crippen molar-refractivity contribution in [3.63, 3.8) is 0 Å². The third-order valence-electron chi connectivity index (χ3n) is 5.67. The summed E-state index contributed by atoms with van der Waals surface area (Å²) in [5.74, 6) is -4.37. The number of rotatable bonds is 9. The van der Waals surface area contributed by atoms with Crippen molar-refractivity contribution in [2.24, 2.45) is 4.99 Å². The number of halogens is 4. The van der Waals surface area contributed by atoms with Crippen LogP contribution in [0, 0.1) is 5.82 Å². The quantitative estimate of drug-likeness (QED) is 0.161. The molecule has 1 atom stereocenters. The lowest BCUT2D eigenvalue weighted by Crippen LogP contribution is -2.37. The summed E-state index contributed by atoms with van der Waals surface area (Å²) in [6, 6.07) is 10.4. The second kappa shape index (κ2) is 11.8. The molecular formula is C25H22F4N4O6. The Morgan fingerprint density at radius 3 is 2.56 bits per heavy atom. The van der Waals surface area contributed by atoms with Gasteiger partial charge in [-0.2, -0.15) is 13.2 Å². The van der Waals surface area contributed by atoms with Crippen LogP contribution in [0.15, 0.2) is 53.7 Å². The van der Waals surface area contributed by atoms with Gasteiger partial charge in [0.15, 0.2) is 5.96 Å². The molecule has 14 heteroatoms. The molecule has 1 aliphatic rings. The van der Waals surface area contributed by atoms with Crippen molar-refractivity contribution in [1.82, 2.24) is 15.6 Å². The SMILES string of the molecule is O=C1CN=C(NCCCOc2ccc3c(C(CC(=O)OOC(=O)C(F)(F)F)c4ccc(F)cc4)c[nH]c3c2)N1. The van der Waals surface area contributed by atoms with Crippen molar-refractivity contribution in [3.05, 3.63) is 65.6 Å². The fourth-order valence-electron chi connectivity index (χ4n) is 3.87. The lowest BCUT2D eigenvalue weighted by Gasteiger charge is -2.16. The average molecular weight is 550 g/mol. The van der Waals surface area contributed by atoms with Gasteiger partial charge in [0.1, 0.15) is 18.1 Å². The average Bonchev–Trinajstić information content (AvgIpc) is 3.51. The van der Waals surface area contributed by atoms with E-state index < -0.39 is 36.3 Å².